The van der Waals surface area contributed by atoms with Crippen molar-refractivity contribution in [2.75, 3.05) is 26.4 Å². The molecule has 0 amide bonds. The number of carbonyl (C=O) groups is 6. The van der Waals surface area contributed by atoms with Crippen LogP contribution in [0.25, 0.3) is 0 Å². The standard InChI is InChI=1S/C45H80O12S/c1-5-9-13-17-21-25-40(46)52-33-37(34-53-41(47)26-22-18-14-10-6-2)56-44(50)31-29-39(58)30-32-45(51)57-38(35-54-42(48)27-23-19-15-11-7-3)36-55-43(49)28-24-20-16-12-8-4/h37-39,58H,5-36H2,1-4H3. The third kappa shape index (κ3) is 36.3. The van der Waals surface area contributed by atoms with Crippen molar-refractivity contribution in [3.8, 4) is 0 Å². The summed E-state index contributed by atoms with van der Waals surface area (Å²) in [5.74, 6) is -2.71. The Morgan fingerprint density at radius 1 is 0.345 bits per heavy atom. The van der Waals surface area contributed by atoms with Crippen molar-refractivity contribution >= 4 is 48.4 Å². The Balaban J connectivity index is 5.00. The van der Waals surface area contributed by atoms with Crippen LogP contribution in [0.15, 0.2) is 0 Å². The minimum atomic E-state index is -0.948. The molecule has 0 radical (unpaired) electrons. The number of thiol groups is 1. The third-order valence-electron chi connectivity index (χ3n) is 9.62. The average Bonchev–Trinajstić information content (AvgIpc) is 3.20. The predicted octanol–water partition coefficient (Wildman–Crippen LogP) is 10.3. The fourth-order valence-electron chi connectivity index (χ4n) is 5.96. The van der Waals surface area contributed by atoms with Crippen LogP contribution in [0.5, 0.6) is 0 Å². The number of ether oxygens (including phenoxy) is 6. The van der Waals surface area contributed by atoms with Crippen molar-refractivity contribution in [2.45, 2.75) is 225 Å². The van der Waals surface area contributed by atoms with Gasteiger partial charge in [-0.3, -0.25) is 28.8 Å². The molecule has 0 unspecified atom stereocenters. The lowest BCUT2D eigenvalue weighted by molar-refractivity contribution is -0.167. The Morgan fingerprint density at radius 2 is 0.586 bits per heavy atom. The molecule has 13 heteroatoms. The molecule has 0 aromatic carbocycles. The van der Waals surface area contributed by atoms with Crippen molar-refractivity contribution < 1.29 is 57.2 Å². The largest absolute Gasteiger partial charge is 0.462 e. The summed E-state index contributed by atoms with van der Waals surface area (Å²) in [5.41, 5.74) is 0. The Bertz CT molecular complexity index is 942. The first-order valence-corrected chi connectivity index (χ1v) is 23.2. The highest BCUT2D eigenvalue weighted by Gasteiger charge is 2.22. The molecule has 0 aliphatic heterocycles. The van der Waals surface area contributed by atoms with Crippen molar-refractivity contribution in [1.29, 1.82) is 0 Å². The number of unbranched alkanes of at least 4 members (excludes halogenated alkanes) is 16. The molecule has 0 atom stereocenters. The summed E-state index contributed by atoms with van der Waals surface area (Å²) in [7, 11) is 0. The monoisotopic (exact) mass is 845 g/mol. The Morgan fingerprint density at radius 3 is 0.828 bits per heavy atom. The lowest BCUT2D eigenvalue weighted by Crippen LogP contribution is -2.31. The smallest absolute Gasteiger partial charge is 0.306 e. The lowest BCUT2D eigenvalue weighted by Gasteiger charge is -2.19. The second kappa shape index (κ2) is 39.6. The van der Waals surface area contributed by atoms with Gasteiger partial charge in [-0.05, 0) is 38.5 Å². The van der Waals surface area contributed by atoms with Gasteiger partial charge in [-0.2, -0.15) is 12.6 Å². The zero-order chi connectivity index (χ0) is 43.1. The second-order valence-electron chi connectivity index (χ2n) is 15.3. The van der Waals surface area contributed by atoms with Gasteiger partial charge < -0.3 is 28.4 Å². The van der Waals surface area contributed by atoms with E-state index in [9.17, 15) is 28.8 Å². The maximum atomic E-state index is 12.8. The van der Waals surface area contributed by atoms with Gasteiger partial charge in [0.2, 0.25) is 0 Å². The van der Waals surface area contributed by atoms with Crippen LogP contribution in [0.1, 0.15) is 207 Å². The van der Waals surface area contributed by atoms with Crippen LogP contribution in [0, 0.1) is 0 Å². The van der Waals surface area contributed by atoms with E-state index >= 15 is 0 Å². The van der Waals surface area contributed by atoms with Crippen LogP contribution in [0.3, 0.4) is 0 Å². The minimum Gasteiger partial charge on any atom is -0.462 e. The number of esters is 6. The van der Waals surface area contributed by atoms with E-state index in [1.54, 1.807) is 0 Å². The fraction of sp³-hybridized carbons (Fsp3) is 0.867. The van der Waals surface area contributed by atoms with E-state index in [1.165, 1.54) is 0 Å². The van der Waals surface area contributed by atoms with Gasteiger partial charge in [0, 0.05) is 43.8 Å². The summed E-state index contributed by atoms with van der Waals surface area (Å²) >= 11 is 4.56. The van der Waals surface area contributed by atoms with Gasteiger partial charge in [0.15, 0.2) is 12.2 Å². The molecule has 0 N–H and O–H groups in total. The van der Waals surface area contributed by atoms with E-state index in [0.717, 1.165) is 103 Å². The zero-order valence-corrected chi connectivity index (χ0v) is 37.6. The second-order valence-corrected chi connectivity index (χ2v) is 16.1. The van der Waals surface area contributed by atoms with Crippen LogP contribution in [0.4, 0.5) is 0 Å². The molecule has 338 valence electrons. The molecule has 0 fully saturated rings. The molecule has 0 saturated carbocycles. The summed E-state index contributed by atoms with van der Waals surface area (Å²) < 4.78 is 32.7. The highest BCUT2D eigenvalue weighted by atomic mass is 32.1. The van der Waals surface area contributed by atoms with Crippen LogP contribution in [-0.2, 0) is 57.2 Å². The summed E-state index contributed by atoms with van der Waals surface area (Å²) in [6.45, 7) is 7.62. The molecule has 12 nitrogen and oxygen atoms in total. The molecule has 0 aromatic rings. The zero-order valence-electron chi connectivity index (χ0n) is 36.7. The van der Waals surface area contributed by atoms with Gasteiger partial charge in [0.1, 0.15) is 26.4 Å². The predicted molar refractivity (Wildman–Crippen MR) is 228 cm³/mol. The molecule has 0 rings (SSSR count). The van der Waals surface area contributed by atoms with Gasteiger partial charge in [-0.15, -0.1) is 0 Å². The Labute approximate surface area is 356 Å². The number of hydrogen-bond acceptors (Lipinski definition) is 13. The van der Waals surface area contributed by atoms with Crippen molar-refractivity contribution in [2.24, 2.45) is 0 Å². The summed E-state index contributed by atoms with van der Waals surface area (Å²) in [6, 6.07) is 0. The summed E-state index contributed by atoms with van der Waals surface area (Å²) in [4.78, 5) is 75.1. The fourth-order valence-corrected chi connectivity index (χ4v) is 6.22. The van der Waals surface area contributed by atoms with Crippen LogP contribution in [0.2, 0.25) is 0 Å². The van der Waals surface area contributed by atoms with Gasteiger partial charge in [0.05, 0.1) is 0 Å². The normalized spacial score (nSPS) is 11.2. The maximum Gasteiger partial charge on any atom is 0.306 e. The van der Waals surface area contributed by atoms with E-state index in [-0.39, 0.29) is 83.0 Å². The first kappa shape index (κ1) is 55.2. The van der Waals surface area contributed by atoms with Gasteiger partial charge >= 0.3 is 35.8 Å². The molecular weight excluding hydrogens is 765 g/mol. The molecule has 58 heavy (non-hydrogen) atoms. The topological polar surface area (TPSA) is 158 Å². The Kier molecular flexibility index (Phi) is 37.7. The van der Waals surface area contributed by atoms with E-state index in [0.29, 0.717) is 25.7 Å². The van der Waals surface area contributed by atoms with Gasteiger partial charge in [0.25, 0.3) is 0 Å². The van der Waals surface area contributed by atoms with E-state index in [1.807, 2.05) is 0 Å². The maximum absolute atomic E-state index is 12.8. The number of carbonyl (C=O) groups excluding carboxylic acids is 6. The summed E-state index contributed by atoms with van der Waals surface area (Å²) in [5, 5.41) is -0.357. The average molecular weight is 845 g/mol. The molecule has 0 aliphatic carbocycles. The van der Waals surface area contributed by atoms with Crippen LogP contribution >= 0.6 is 12.6 Å². The molecule has 0 aromatic heterocycles. The number of hydrogen-bond donors (Lipinski definition) is 1. The molecule has 0 spiro atoms. The van der Waals surface area contributed by atoms with Crippen LogP contribution < -0.4 is 0 Å². The first-order chi connectivity index (χ1) is 28.0. The van der Waals surface area contributed by atoms with Crippen molar-refractivity contribution in [3.63, 3.8) is 0 Å². The SMILES string of the molecule is CCCCCCCC(=O)OCC(COC(=O)CCCCCCC)OC(=O)CCC(S)CCC(=O)OC(COC(=O)CCCCCCC)COC(=O)CCCCCCC. The van der Waals surface area contributed by atoms with E-state index in [2.05, 4.69) is 40.3 Å². The molecular formula is C45H80O12S. The van der Waals surface area contributed by atoms with Crippen molar-refractivity contribution in [1.82, 2.24) is 0 Å². The van der Waals surface area contributed by atoms with Gasteiger partial charge in [-0.1, -0.05) is 130 Å². The van der Waals surface area contributed by atoms with Gasteiger partial charge in [-0.25, -0.2) is 0 Å². The summed E-state index contributed by atoms with van der Waals surface area (Å²) in [6.07, 6.45) is 19.4. The minimum absolute atomic E-state index is 0.0259. The van der Waals surface area contributed by atoms with Crippen molar-refractivity contribution in [3.05, 3.63) is 0 Å². The highest BCUT2D eigenvalue weighted by molar-refractivity contribution is 7.80. The number of rotatable bonds is 40. The lowest BCUT2D eigenvalue weighted by atomic mass is 10.1. The molecule has 0 heterocycles. The molecule has 0 aliphatic rings. The third-order valence-corrected chi connectivity index (χ3v) is 10.1. The highest BCUT2D eigenvalue weighted by Crippen LogP contribution is 2.16. The van der Waals surface area contributed by atoms with Crippen LogP contribution in [-0.4, -0.2) is 79.7 Å². The molecule has 0 saturated heterocycles. The van der Waals surface area contributed by atoms with E-state index in [4.69, 9.17) is 28.4 Å². The van der Waals surface area contributed by atoms with E-state index < -0.39 is 48.0 Å². The first-order valence-electron chi connectivity index (χ1n) is 22.7. The quantitative estimate of drug-likeness (QED) is 0.0270. The Hall–Kier alpha value is -2.83. The molecule has 0 bridgehead atoms.